The fourth-order valence-corrected chi connectivity index (χ4v) is 3.91. The van der Waals surface area contributed by atoms with Crippen molar-refractivity contribution in [2.24, 2.45) is 0 Å². The minimum Gasteiger partial charge on any atom is -0.480 e. The summed E-state index contributed by atoms with van der Waals surface area (Å²) in [5.74, 6) is -1.29. The lowest BCUT2D eigenvalue weighted by molar-refractivity contribution is -0.139. The normalized spacial score (nSPS) is 13.1. The van der Waals surface area contributed by atoms with Crippen molar-refractivity contribution in [3.63, 3.8) is 0 Å². The molecule has 0 aliphatic carbocycles. The van der Waals surface area contributed by atoms with Gasteiger partial charge in [-0.05, 0) is 24.3 Å². The second kappa shape index (κ2) is 5.92. The fraction of sp³-hybridized carbons (Fsp3) is 0.0833. The lowest BCUT2D eigenvalue weighted by atomic mass is 10.3. The highest BCUT2D eigenvalue weighted by atomic mass is 35.5. The van der Waals surface area contributed by atoms with Gasteiger partial charge in [-0.2, -0.15) is 4.72 Å². The Kier molecular flexibility index (Phi) is 4.44. The summed E-state index contributed by atoms with van der Waals surface area (Å²) in [6.45, 7) is 0. The van der Waals surface area contributed by atoms with Gasteiger partial charge in [-0.25, -0.2) is 8.42 Å². The molecule has 106 valence electrons. The Hall–Kier alpha value is -1.41. The van der Waals surface area contributed by atoms with E-state index in [9.17, 15) is 18.3 Å². The lowest BCUT2D eigenvalue weighted by Crippen LogP contribution is -2.33. The maximum atomic E-state index is 12.1. The average Bonchev–Trinajstić information content (AvgIpc) is 2.83. The molecule has 2 rings (SSSR count). The predicted octanol–water partition coefficient (Wildman–Crippen LogP) is 2.51. The molecule has 2 N–H and O–H groups in total. The zero-order valence-corrected chi connectivity index (χ0v) is 12.4. The number of hydrogen-bond donors (Lipinski definition) is 2. The number of carboxylic acids is 1. The summed E-state index contributed by atoms with van der Waals surface area (Å²) in [6, 6.07) is 9.22. The number of thiophene rings is 1. The van der Waals surface area contributed by atoms with Crippen molar-refractivity contribution in [3.05, 3.63) is 51.7 Å². The summed E-state index contributed by atoms with van der Waals surface area (Å²) in [5, 5.41) is 9.18. The van der Waals surface area contributed by atoms with Crippen LogP contribution in [0.5, 0.6) is 0 Å². The quantitative estimate of drug-likeness (QED) is 0.881. The molecule has 1 atom stereocenters. The first-order chi connectivity index (χ1) is 9.40. The number of rotatable bonds is 5. The highest BCUT2D eigenvalue weighted by Crippen LogP contribution is 2.28. The fourth-order valence-electron chi connectivity index (χ4n) is 1.54. The van der Waals surface area contributed by atoms with Gasteiger partial charge in [0.1, 0.15) is 0 Å². The first-order valence-electron chi connectivity index (χ1n) is 5.45. The van der Waals surface area contributed by atoms with Gasteiger partial charge in [-0.15, -0.1) is 11.3 Å². The second-order valence-electron chi connectivity index (χ2n) is 3.85. The molecule has 1 aromatic heterocycles. The van der Waals surface area contributed by atoms with Crippen LogP contribution in [-0.2, 0) is 14.8 Å². The van der Waals surface area contributed by atoms with Crippen LogP contribution >= 0.6 is 22.9 Å². The number of aliphatic carboxylic acids is 1. The van der Waals surface area contributed by atoms with E-state index in [2.05, 4.69) is 4.72 Å². The van der Waals surface area contributed by atoms with Crippen LogP contribution in [0.1, 0.15) is 10.9 Å². The Bertz CT molecular complexity index is 712. The molecule has 0 spiro atoms. The number of halogens is 1. The van der Waals surface area contributed by atoms with Crippen LogP contribution < -0.4 is 4.72 Å². The monoisotopic (exact) mass is 331 g/mol. The van der Waals surface area contributed by atoms with Crippen LogP contribution in [0.3, 0.4) is 0 Å². The van der Waals surface area contributed by atoms with E-state index in [1.807, 2.05) is 0 Å². The Morgan fingerprint density at radius 1 is 1.20 bits per heavy atom. The van der Waals surface area contributed by atoms with E-state index in [4.69, 9.17) is 11.6 Å². The van der Waals surface area contributed by atoms with Crippen LogP contribution in [0.4, 0.5) is 0 Å². The summed E-state index contributed by atoms with van der Waals surface area (Å²) in [6.07, 6.45) is 0. The Balaban J connectivity index is 2.32. The summed E-state index contributed by atoms with van der Waals surface area (Å²) >= 11 is 6.76. The number of benzene rings is 1. The summed E-state index contributed by atoms with van der Waals surface area (Å²) < 4.78 is 26.8. The van der Waals surface area contributed by atoms with Crippen molar-refractivity contribution < 1.29 is 18.3 Å². The van der Waals surface area contributed by atoms with Crippen LogP contribution in [0.15, 0.2) is 47.4 Å². The first-order valence-corrected chi connectivity index (χ1v) is 8.13. The van der Waals surface area contributed by atoms with Crippen LogP contribution in [0, 0.1) is 0 Å². The number of hydrogen-bond acceptors (Lipinski definition) is 4. The molecule has 0 radical (unpaired) electrons. The molecule has 1 heterocycles. The van der Waals surface area contributed by atoms with Gasteiger partial charge in [0.15, 0.2) is 6.04 Å². The zero-order valence-electron chi connectivity index (χ0n) is 9.99. The van der Waals surface area contributed by atoms with Gasteiger partial charge in [0.2, 0.25) is 10.0 Å². The van der Waals surface area contributed by atoms with Crippen molar-refractivity contribution in [2.75, 3.05) is 0 Å². The molecule has 0 saturated heterocycles. The molecule has 1 unspecified atom stereocenters. The summed E-state index contributed by atoms with van der Waals surface area (Å²) in [7, 11) is -3.91. The van der Waals surface area contributed by atoms with Gasteiger partial charge in [-0.3, -0.25) is 4.79 Å². The van der Waals surface area contributed by atoms with Crippen LogP contribution in [0.2, 0.25) is 4.34 Å². The summed E-state index contributed by atoms with van der Waals surface area (Å²) in [4.78, 5) is 11.6. The first kappa shape index (κ1) is 15.0. The Morgan fingerprint density at radius 3 is 2.35 bits per heavy atom. The zero-order chi connectivity index (χ0) is 14.8. The van der Waals surface area contributed by atoms with Gasteiger partial charge < -0.3 is 5.11 Å². The summed E-state index contributed by atoms with van der Waals surface area (Å²) in [5.41, 5.74) is 0. The number of nitrogens with one attached hydrogen (secondary N) is 1. The minimum atomic E-state index is -3.91. The molecule has 0 fully saturated rings. The molecule has 0 amide bonds. The van der Waals surface area contributed by atoms with Crippen molar-refractivity contribution in [1.82, 2.24) is 4.72 Å². The predicted molar refractivity (Wildman–Crippen MR) is 76.5 cm³/mol. The average molecular weight is 332 g/mol. The van der Waals surface area contributed by atoms with Gasteiger partial charge >= 0.3 is 5.97 Å². The minimum absolute atomic E-state index is 0.00824. The molecule has 1 aromatic carbocycles. The third-order valence-electron chi connectivity index (χ3n) is 2.45. The highest BCUT2D eigenvalue weighted by Gasteiger charge is 2.28. The van der Waals surface area contributed by atoms with E-state index in [1.165, 1.54) is 24.3 Å². The van der Waals surface area contributed by atoms with Gasteiger partial charge in [-0.1, -0.05) is 29.8 Å². The number of carboxylic acid groups (broad SMARTS) is 1. The highest BCUT2D eigenvalue weighted by molar-refractivity contribution is 7.89. The molecule has 0 bridgehead atoms. The van der Waals surface area contributed by atoms with E-state index in [-0.39, 0.29) is 4.90 Å². The van der Waals surface area contributed by atoms with Crippen molar-refractivity contribution in [2.45, 2.75) is 10.9 Å². The molecule has 20 heavy (non-hydrogen) atoms. The number of sulfonamides is 1. The van der Waals surface area contributed by atoms with E-state index < -0.39 is 22.0 Å². The maximum absolute atomic E-state index is 12.1. The molecular formula is C12H10ClNO4S2. The topological polar surface area (TPSA) is 83.5 Å². The Labute approximate surface area is 124 Å². The van der Waals surface area contributed by atoms with Crippen molar-refractivity contribution in [3.8, 4) is 0 Å². The standard InChI is InChI=1S/C12H10ClNO4S2/c13-10-7-6-9(19-10)11(12(15)16)14-20(17,18)8-4-2-1-3-5-8/h1-7,11,14H,(H,15,16). The second-order valence-corrected chi connectivity index (χ2v) is 7.31. The van der Waals surface area contributed by atoms with Crippen molar-refractivity contribution in [1.29, 1.82) is 0 Å². The van der Waals surface area contributed by atoms with Gasteiger partial charge in [0.25, 0.3) is 0 Å². The van der Waals surface area contributed by atoms with E-state index in [1.54, 1.807) is 18.2 Å². The van der Waals surface area contributed by atoms with E-state index in [0.29, 0.717) is 9.21 Å². The largest absolute Gasteiger partial charge is 0.480 e. The Morgan fingerprint density at radius 2 is 1.85 bits per heavy atom. The molecule has 0 saturated carbocycles. The maximum Gasteiger partial charge on any atom is 0.327 e. The van der Waals surface area contributed by atoms with Gasteiger partial charge in [0, 0.05) is 4.88 Å². The van der Waals surface area contributed by atoms with E-state index in [0.717, 1.165) is 11.3 Å². The lowest BCUT2D eigenvalue weighted by Gasteiger charge is -2.13. The molecule has 0 aliphatic rings. The van der Waals surface area contributed by atoms with Crippen LogP contribution in [-0.4, -0.2) is 19.5 Å². The molecule has 0 aliphatic heterocycles. The smallest absolute Gasteiger partial charge is 0.327 e. The molecule has 8 heteroatoms. The van der Waals surface area contributed by atoms with E-state index >= 15 is 0 Å². The SMILES string of the molecule is O=C(O)C(NS(=O)(=O)c1ccccc1)c1ccc(Cl)s1. The third kappa shape index (κ3) is 3.37. The third-order valence-corrected chi connectivity index (χ3v) is 5.19. The van der Waals surface area contributed by atoms with Crippen LogP contribution in [0.25, 0.3) is 0 Å². The molecule has 5 nitrogen and oxygen atoms in total. The molecule has 2 aromatic rings. The van der Waals surface area contributed by atoms with Gasteiger partial charge in [0.05, 0.1) is 9.23 Å². The number of carbonyl (C=O) groups is 1. The molecular weight excluding hydrogens is 322 g/mol. The van der Waals surface area contributed by atoms with Crippen molar-refractivity contribution >= 4 is 38.9 Å².